The number of aromatic nitrogens is 5. The largest absolute Gasteiger partial charge is 0.366 e. The van der Waals surface area contributed by atoms with E-state index < -0.39 is 0 Å². The van der Waals surface area contributed by atoms with E-state index in [2.05, 4.69) is 31.3 Å². The number of carbonyl (C=O) groups is 1. The number of hydrogen-bond acceptors (Lipinski definition) is 6. The van der Waals surface area contributed by atoms with Crippen molar-refractivity contribution in [1.82, 2.24) is 24.7 Å². The van der Waals surface area contributed by atoms with Gasteiger partial charge in [0, 0.05) is 61.1 Å². The Bertz CT molecular complexity index is 1450. The molecule has 2 aliphatic heterocycles. The lowest BCUT2D eigenvalue weighted by Crippen LogP contribution is -2.48. The van der Waals surface area contributed by atoms with E-state index >= 15 is 0 Å². The SMILES string of the molecule is Cc1cc(-c2ccc3c(n2)N(C(=O)Nc2cncc(-c4cn(C)nc4C)c2)C2CCN3C2)ccn1. The molecule has 0 spiro atoms. The zero-order chi connectivity index (χ0) is 24.1. The quantitative estimate of drug-likeness (QED) is 0.487. The third-order valence-corrected chi connectivity index (χ3v) is 6.68. The van der Waals surface area contributed by atoms with Crippen molar-refractivity contribution >= 4 is 23.2 Å². The zero-order valence-corrected chi connectivity index (χ0v) is 19.9. The standard InChI is InChI=1S/C26H26N8O/c1-16-10-18(6-8-28-16)23-4-5-24-25(30-23)34(21-7-9-33(24)14-21)26(35)29-20-11-19(12-27-13-20)22-15-32(3)31-17(22)2/h4-6,8,10-13,15,21H,7,9,14H2,1-3H3,(H,29,35). The van der Waals surface area contributed by atoms with Gasteiger partial charge >= 0.3 is 6.03 Å². The number of anilines is 3. The van der Waals surface area contributed by atoms with Gasteiger partial charge in [-0.15, -0.1) is 0 Å². The molecule has 9 heteroatoms. The first-order chi connectivity index (χ1) is 17.0. The van der Waals surface area contributed by atoms with Crippen LogP contribution in [0.5, 0.6) is 0 Å². The number of carbonyl (C=O) groups excluding carboxylic acids is 1. The van der Waals surface area contributed by atoms with Crippen molar-refractivity contribution in [1.29, 1.82) is 0 Å². The maximum atomic E-state index is 13.6. The van der Waals surface area contributed by atoms with Gasteiger partial charge in [0.15, 0.2) is 5.82 Å². The van der Waals surface area contributed by atoms with Crippen molar-refractivity contribution in [2.24, 2.45) is 7.05 Å². The minimum atomic E-state index is -0.199. The number of hydrogen-bond donors (Lipinski definition) is 1. The second-order valence-corrected chi connectivity index (χ2v) is 9.18. The van der Waals surface area contributed by atoms with Gasteiger partial charge in [-0.3, -0.25) is 19.5 Å². The summed E-state index contributed by atoms with van der Waals surface area (Å²) in [5, 5.41) is 7.49. The predicted octanol–water partition coefficient (Wildman–Crippen LogP) is 4.19. The molecule has 176 valence electrons. The molecule has 0 aromatic carbocycles. The van der Waals surface area contributed by atoms with Crippen LogP contribution in [-0.4, -0.2) is 49.9 Å². The Balaban J connectivity index is 1.34. The highest BCUT2D eigenvalue weighted by Crippen LogP contribution is 2.40. The molecule has 4 aromatic rings. The summed E-state index contributed by atoms with van der Waals surface area (Å²) in [6.45, 7) is 5.64. The summed E-state index contributed by atoms with van der Waals surface area (Å²) in [5.41, 5.74) is 7.17. The number of nitrogens with one attached hydrogen (secondary N) is 1. The van der Waals surface area contributed by atoms with Crippen LogP contribution in [0.25, 0.3) is 22.4 Å². The highest BCUT2D eigenvalue weighted by molar-refractivity contribution is 6.05. The van der Waals surface area contributed by atoms with E-state index in [-0.39, 0.29) is 12.1 Å². The summed E-state index contributed by atoms with van der Waals surface area (Å²) in [6.07, 6.45) is 8.10. The second-order valence-electron chi connectivity index (χ2n) is 9.18. The van der Waals surface area contributed by atoms with Crippen molar-refractivity contribution in [3.05, 3.63) is 66.5 Å². The van der Waals surface area contributed by atoms with Crippen molar-refractivity contribution in [2.45, 2.75) is 26.3 Å². The van der Waals surface area contributed by atoms with E-state index in [0.717, 1.165) is 59.0 Å². The molecule has 9 nitrogen and oxygen atoms in total. The maximum Gasteiger partial charge on any atom is 0.327 e. The van der Waals surface area contributed by atoms with E-state index in [1.54, 1.807) is 23.3 Å². The Kier molecular flexibility index (Phi) is 4.98. The third-order valence-electron chi connectivity index (χ3n) is 6.68. The molecule has 6 rings (SSSR count). The number of aryl methyl sites for hydroxylation is 3. The molecule has 35 heavy (non-hydrogen) atoms. The summed E-state index contributed by atoms with van der Waals surface area (Å²) in [5.74, 6) is 0.690. The molecule has 1 saturated heterocycles. The fourth-order valence-electron chi connectivity index (χ4n) is 5.06. The van der Waals surface area contributed by atoms with Crippen LogP contribution in [0, 0.1) is 13.8 Å². The molecule has 6 heterocycles. The van der Waals surface area contributed by atoms with Crippen molar-refractivity contribution < 1.29 is 4.79 Å². The normalized spacial score (nSPS) is 16.4. The third kappa shape index (κ3) is 3.78. The smallest absolute Gasteiger partial charge is 0.327 e. The van der Waals surface area contributed by atoms with Crippen LogP contribution in [0.2, 0.25) is 0 Å². The predicted molar refractivity (Wildman–Crippen MR) is 135 cm³/mol. The fraction of sp³-hybridized carbons (Fsp3) is 0.269. The van der Waals surface area contributed by atoms with E-state index in [1.807, 2.05) is 56.3 Å². The molecule has 2 aliphatic rings. The molecular weight excluding hydrogens is 440 g/mol. The molecule has 2 bridgehead atoms. The van der Waals surface area contributed by atoms with E-state index in [4.69, 9.17) is 4.98 Å². The molecule has 0 aliphatic carbocycles. The second kappa shape index (κ2) is 8.19. The van der Waals surface area contributed by atoms with E-state index in [1.165, 1.54) is 0 Å². The van der Waals surface area contributed by atoms with Crippen molar-refractivity contribution in [3.8, 4) is 22.4 Å². The van der Waals surface area contributed by atoms with Crippen molar-refractivity contribution in [3.63, 3.8) is 0 Å². The van der Waals surface area contributed by atoms with Gasteiger partial charge in [-0.25, -0.2) is 9.78 Å². The highest BCUT2D eigenvalue weighted by atomic mass is 16.2. The highest BCUT2D eigenvalue weighted by Gasteiger charge is 2.40. The van der Waals surface area contributed by atoms with E-state index in [0.29, 0.717) is 11.5 Å². The molecular formula is C26H26N8O. The number of nitrogens with zero attached hydrogens (tertiary/aromatic N) is 7. The first kappa shape index (κ1) is 21.3. The summed E-state index contributed by atoms with van der Waals surface area (Å²) in [6, 6.07) is 9.85. The van der Waals surface area contributed by atoms with Crippen LogP contribution in [0.15, 0.2) is 55.1 Å². The number of pyridine rings is 3. The number of rotatable bonds is 3. The minimum absolute atomic E-state index is 0.0705. The Morgan fingerprint density at radius 2 is 2.00 bits per heavy atom. The molecule has 4 aromatic heterocycles. The maximum absolute atomic E-state index is 13.6. The summed E-state index contributed by atoms with van der Waals surface area (Å²) in [7, 11) is 1.89. The first-order valence-corrected chi connectivity index (χ1v) is 11.7. The van der Waals surface area contributed by atoms with Gasteiger partial charge in [0.05, 0.1) is 35.0 Å². The topological polar surface area (TPSA) is 92.1 Å². The molecule has 1 unspecified atom stereocenters. The van der Waals surface area contributed by atoms with Crippen LogP contribution < -0.4 is 15.1 Å². The van der Waals surface area contributed by atoms with Gasteiger partial charge in [-0.05, 0) is 50.6 Å². The Morgan fingerprint density at radius 3 is 2.80 bits per heavy atom. The first-order valence-electron chi connectivity index (χ1n) is 11.7. The summed E-state index contributed by atoms with van der Waals surface area (Å²) >= 11 is 0. The number of fused-ring (bicyclic) bond motifs is 4. The molecule has 0 radical (unpaired) electrons. The summed E-state index contributed by atoms with van der Waals surface area (Å²) in [4.78, 5) is 31.4. The molecule has 2 amide bonds. The molecule has 1 N–H and O–H groups in total. The van der Waals surface area contributed by atoms with Gasteiger partial charge in [0.2, 0.25) is 0 Å². The van der Waals surface area contributed by atoms with Gasteiger partial charge in [0.1, 0.15) is 0 Å². The Labute approximate surface area is 203 Å². The zero-order valence-electron chi connectivity index (χ0n) is 19.9. The van der Waals surface area contributed by atoms with Crippen LogP contribution >= 0.6 is 0 Å². The lowest BCUT2D eigenvalue weighted by Gasteiger charge is -2.36. The lowest BCUT2D eigenvalue weighted by atomic mass is 10.1. The van der Waals surface area contributed by atoms with Crippen LogP contribution in [0.1, 0.15) is 17.8 Å². The fourth-order valence-corrected chi connectivity index (χ4v) is 5.06. The van der Waals surface area contributed by atoms with E-state index in [9.17, 15) is 4.79 Å². The van der Waals surface area contributed by atoms with Gasteiger partial charge in [-0.2, -0.15) is 5.10 Å². The van der Waals surface area contributed by atoms with Crippen LogP contribution in [0.3, 0.4) is 0 Å². The average molecular weight is 467 g/mol. The lowest BCUT2D eigenvalue weighted by molar-refractivity contribution is 0.255. The van der Waals surface area contributed by atoms with Gasteiger partial charge in [0.25, 0.3) is 0 Å². The minimum Gasteiger partial charge on any atom is -0.366 e. The Hall–Kier alpha value is -4.27. The monoisotopic (exact) mass is 466 g/mol. The van der Waals surface area contributed by atoms with Gasteiger partial charge < -0.3 is 10.2 Å². The molecule has 1 fully saturated rings. The average Bonchev–Trinajstić information content (AvgIpc) is 3.42. The van der Waals surface area contributed by atoms with Gasteiger partial charge in [-0.1, -0.05) is 0 Å². The Morgan fingerprint density at radius 1 is 1.11 bits per heavy atom. The summed E-state index contributed by atoms with van der Waals surface area (Å²) < 4.78 is 1.78. The van der Waals surface area contributed by atoms with Crippen molar-refractivity contribution in [2.75, 3.05) is 28.2 Å². The molecule has 1 atom stereocenters. The van der Waals surface area contributed by atoms with Crippen LogP contribution in [-0.2, 0) is 7.05 Å². The molecule has 0 saturated carbocycles. The number of urea groups is 1. The number of amides is 2. The van der Waals surface area contributed by atoms with Crippen LogP contribution in [0.4, 0.5) is 22.0 Å².